The van der Waals surface area contributed by atoms with Gasteiger partial charge in [0.1, 0.15) is 0 Å². The SMILES string of the molecule is O=C(Cl)c1cc2c(Nc3ccc(-c4ccccc4)cc3)cncc2s1. The minimum absolute atomic E-state index is 0.445. The molecule has 4 rings (SSSR count). The number of fused-ring (bicyclic) bond motifs is 1. The maximum atomic E-state index is 11.4. The fourth-order valence-corrected chi connectivity index (χ4v) is 3.75. The second-order valence-corrected chi connectivity index (χ2v) is 6.98. The summed E-state index contributed by atoms with van der Waals surface area (Å²) >= 11 is 6.94. The van der Waals surface area contributed by atoms with Crippen LogP contribution in [0.2, 0.25) is 0 Å². The summed E-state index contributed by atoms with van der Waals surface area (Å²) in [6.45, 7) is 0. The van der Waals surface area contributed by atoms with Crippen LogP contribution in [0.5, 0.6) is 0 Å². The highest BCUT2D eigenvalue weighted by Gasteiger charge is 2.11. The third kappa shape index (κ3) is 3.27. The number of hydrogen-bond donors (Lipinski definition) is 1. The zero-order chi connectivity index (χ0) is 17.2. The van der Waals surface area contributed by atoms with Crippen LogP contribution in [0.15, 0.2) is 73.1 Å². The average molecular weight is 365 g/mol. The number of carbonyl (C=O) groups is 1. The fourth-order valence-electron chi connectivity index (χ4n) is 2.69. The van der Waals surface area contributed by atoms with Gasteiger partial charge in [-0.05, 0) is 40.9 Å². The molecule has 0 unspecified atom stereocenters. The van der Waals surface area contributed by atoms with Crippen molar-refractivity contribution in [2.24, 2.45) is 0 Å². The summed E-state index contributed by atoms with van der Waals surface area (Å²) in [5.74, 6) is 0. The number of hydrogen-bond acceptors (Lipinski definition) is 4. The van der Waals surface area contributed by atoms with Gasteiger partial charge in [0, 0.05) is 17.3 Å². The van der Waals surface area contributed by atoms with E-state index in [1.165, 1.54) is 16.9 Å². The van der Waals surface area contributed by atoms with Gasteiger partial charge < -0.3 is 5.32 Å². The van der Waals surface area contributed by atoms with Gasteiger partial charge in [0.25, 0.3) is 5.24 Å². The Hall–Kier alpha value is -2.69. The number of aromatic nitrogens is 1. The Morgan fingerprint density at radius 2 is 1.68 bits per heavy atom. The molecule has 5 heteroatoms. The van der Waals surface area contributed by atoms with Crippen molar-refractivity contribution in [1.82, 2.24) is 4.98 Å². The Labute approximate surface area is 153 Å². The lowest BCUT2D eigenvalue weighted by Crippen LogP contribution is -1.91. The van der Waals surface area contributed by atoms with E-state index in [4.69, 9.17) is 11.6 Å². The lowest BCUT2D eigenvalue weighted by atomic mass is 10.1. The van der Waals surface area contributed by atoms with Crippen LogP contribution < -0.4 is 5.32 Å². The lowest BCUT2D eigenvalue weighted by molar-refractivity contribution is 0.108. The second kappa shape index (κ2) is 6.67. The minimum atomic E-state index is -0.445. The highest BCUT2D eigenvalue weighted by Crippen LogP contribution is 2.33. The molecule has 1 N–H and O–H groups in total. The van der Waals surface area contributed by atoms with Crippen molar-refractivity contribution in [2.45, 2.75) is 0 Å². The standard InChI is InChI=1S/C20H13ClN2OS/c21-20(24)18-10-16-17(11-22-12-19(16)25-18)23-15-8-6-14(7-9-15)13-4-2-1-3-5-13/h1-12,23H. The van der Waals surface area contributed by atoms with Gasteiger partial charge in [-0.1, -0.05) is 42.5 Å². The minimum Gasteiger partial charge on any atom is -0.354 e. The van der Waals surface area contributed by atoms with Crippen LogP contribution in [0.1, 0.15) is 9.67 Å². The molecule has 0 fully saturated rings. The van der Waals surface area contributed by atoms with E-state index in [1.807, 2.05) is 30.3 Å². The van der Waals surface area contributed by atoms with Crippen LogP contribution >= 0.6 is 22.9 Å². The molecule has 0 bridgehead atoms. The molecule has 0 saturated carbocycles. The van der Waals surface area contributed by atoms with E-state index >= 15 is 0 Å². The van der Waals surface area contributed by atoms with E-state index in [0.717, 1.165) is 27.0 Å². The predicted octanol–water partition coefficient (Wildman–Crippen LogP) is 6.09. The van der Waals surface area contributed by atoms with Crippen LogP contribution in [-0.4, -0.2) is 10.2 Å². The molecule has 0 amide bonds. The molecule has 25 heavy (non-hydrogen) atoms. The monoisotopic (exact) mass is 364 g/mol. The van der Waals surface area contributed by atoms with Gasteiger partial charge >= 0.3 is 0 Å². The van der Waals surface area contributed by atoms with Gasteiger partial charge in [-0.2, -0.15) is 0 Å². The molecule has 0 atom stereocenters. The molecular weight excluding hydrogens is 352 g/mol. The van der Waals surface area contributed by atoms with Gasteiger partial charge in [-0.3, -0.25) is 9.78 Å². The van der Waals surface area contributed by atoms with Crippen molar-refractivity contribution in [3.63, 3.8) is 0 Å². The van der Waals surface area contributed by atoms with Gasteiger partial charge in [-0.15, -0.1) is 11.3 Å². The number of anilines is 2. The molecular formula is C20H13ClN2OS. The topological polar surface area (TPSA) is 42.0 Å². The molecule has 0 saturated heterocycles. The molecule has 2 aromatic carbocycles. The lowest BCUT2D eigenvalue weighted by Gasteiger charge is -2.08. The average Bonchev–Trinajstić information content (AvgIpc) is 3.09. The molecule has 4 aromatic rings. The summed E-state index contributed by atoms with van der Waals surface area (Å²) in [6, 6.07) is 20.2. The van der Waals surface area contributed by atoms with Crippen molar-refractivity contribution in [1.29, 1.82) is 0 Å². The van der Waals surface area contributed by atoms with Gasteiger partial charge in [-0.25, -0.2) is 0 Å². The van der Waals surface area contributed by atoms with Crippen molar-refractivity contribution in [2.75, 3.05) is 5.32 Å². The summed E-state index contributed by atoms with van der Waals surface area (Å²) in [4.78, 5) is 16.2. The van der Waals surface area contributed by atoms with Gasteiger partial charge in [0.2, 0.25) is 0 Å². The first kappa shape index (κ1) is 15.8. The molecule has 122 valence electrons. The number of nitrogens with zero attached hydrogens (tertiary/aromatic N) is 1. The predicted molar refractivity (Wildman–Crippen MR) is 105 cm³/mol. The van der Waals surface area contributed by atoms with E-state index in [2.05, 4.69) is 34.6 Å². The zero-order valence-corrected chi connectivity index (χ0v) is 14.6. The summed E-state index contributed by atoms with van der Waals surface area (Å²) in [7, 11) is 0. The molecule has 3 nitrogen and oxygen atoms in total. The Bertz CT molecular complexity index is 1040. The maximum absolute atomic E-state index is 11.4. The quantitative estimate of drug-likeness (QED) is 0.446. The van der Waals surface area contributed by atoms with Crippen molar-refractivity contribution >= 4 is 49.6 Å². The van der Waals surface area contributed by atoms with Crippen molar-refractivity contribution < 1.29 is 4.79 Å². The molecule has 2 aromatic heterocycles. The first-order chi connectivity index (χ1) is 12.2. The molecule has 0 aliphatic heterocycles. The van der Waals surface area contributed by atoms with Crippen LogP contribution in [0.4, 0.5) is 11.4 Å². The third-order valence-corrected chi connectivity index (χ3v) is 5.30. The van der Waals surface area contributed by atoms with E-state index in [-0.39, 0.29) is 0 Å². The summed E-state index contributed by atoms with van der Waals surface area (Å²) < 4.78 is 0.926. The Morgan fingerprint density at radius 3 is 2.40 bits per heavy atom. The molecule has 0 spiro atoms. The van der Waals surface area contributed by atoms with Crippen LogP contribution in [0.3, 0.4) is 0 Å². The fraction of sp³-hybridized carbons (Fsp3) is 0. The Morgan fingerprint density at radius 1 is 0.960 bits per heavy atom. The normalized spacial score (nSPS) is 10.8. The van der Waals surface area contributed by atoms with Crippen molar-refractivity contribution in [3.8, 4) is 11.1 Å². The summed E-state index contributed by atoms with van der Waals surface area (Å²) in [5.41, 5.74) is 4.15. The molecule has 0 radical (unpaired) electrons. The highest BCUT2D eigenvalue weighted by atomic mass is 35.5. The van der Waals surface area contributed by atoms with Crippen LogP contribution in [0.25, 0.3) is 21.2 Å². The summed E-state index contributed by atoms with van der Waals surface area (Å²) in [6.07, 6.45) is 3.50. The summed E-state index contributed by atoms with van der Waals surface area (Å²) in [5, 5.41) is 3.86. The number of nitrogens with one attached hydrogen (secondary N) is 1. The number of rotatable bonds is 4. The van der Waals surface area contributed by atoms with Crippen LogP contribution in [-0.2, 0) is 0 Å². The molecule has 0 aliphatic carbocycles. The first-order valence-corrected chi connectivity index (χ1v) is 8.90. The molecule has 2 heterocycles. The second-order valence-electron chi connectivity index (χ2n) is 5.55. The molecule has 0 aliphatic rings. The highest BCUT2D eigenvalue weighted by molar-refractivity contribution is 7.22. The number of benzene rings is 2. The van der Waals surface area contributed by atoms with Crippen LogP contribution in [0, 0.1) is 0 Å². The Balaban J connectivity index is 1.64. The van der Waals surface area contributed by atoms with E-state index < -0.39 is 5.24 Å². The number of halogens is 1. The Kier molecular flexibility index (Phi) is 4.22. The van der Waals surface area contributed by atoms with Gasteiger partial charge in [0.05, 0.1) is 21.5 Å². The first-order valence-electron chi connectivity index (χ1n) is 7.70. The zero-order valence-electron chi connectivity index (χ0n) is 13.1. The number of thiophene rings is 1. The smallest absolute Gasteiger partial charge is 0.262 e. The largest absolute Gasteiger partial charge is 0.354 e. The van der Waals surface area contributed by atoms with E-state index in [9.17, 15) is 4.79 Å². The maximum Gasteiger partial charge on any atom is 0.262 e. The number of pyridine rings is 1. The number of carbonyl (C=O) groups excluding carboxylic acids is 1. The van der Waals surface area contributed by atoms with E-state index in [1.54, 1.807) is 18.5 Å². The van der Waals surface area contributed by atoms with Gasteiger partial charge in [0.15, 0.2) is 0 Å². The van der Waals surface area contributed by atoms with E-state index in [0.29, 0.717) is 4.88 Å². The van der Waals surface area contributed by atoms with Crippen molar-refractivity contribution in [3.05, 3.63) is 77.9 Å². The third-order valence-electron chi connectivity index (χ3n) is 3.91.